The summed E-state index contributed by atoms with van der Waals surface area (Å²) in [6.45, 7) is 4.59. The van der Waals surface area contributed by atoms with Crippen molar-refractivity contribution in [3.05, 3.63) is 29.8 Å². The fourth-order valence-corrected chi connectivity index (χ4v) is 3.44. The summed E-state index contributed by atoms with van der Waals surface area (Å²) in [5, 5.41) is 3.74. The molecule has 2 unspecified atom stereocenters. The Balaban J connectivity index is 1.60. The Morgan fingerprint density at radius 1 is 1.30 bits per heavy atom. The fraction of sp³-hybridized carbons (Fsp3) is 0.647. The van der Waals surface area contributed by atoms with Crippen LogP contribution in [0.2, 0.25) is 0 Å². The molecule has 1 aromatic carbocycles. The second-order valence-corrected chi connectivity index (χ2v) is 6.79. The number of likely N-dealkylation sites (tertiary alicyclic amines) is 1. The second kappa shape index (κ2) is 5.74. The maximum Gasteiger partial charge on any atom is 0.0403 e. The third-order valence-corrected chi connectivity index (χ3v) is 4.44. The molecule has 0 spiro atoms. The monoisotopic (exact) mass is 273 g/mol. The van der Waals surface area contributed by atoms with Crippen molar-refractivity contribution in [3.63, 3.8) is 0 Å². The molecule has 0 bridgehead atoms. The third kappa shape index (κ3) is 3.33. The molecule has 2 atom stereocenters. The Labute approximate surface area is 123 Å². The fourth-order valence-electron chi connectivity index (χ4n) is 3.44. The van der Waals surface area contributed by atoms with Gasteiger partial charge in [0.1, 0.15) is 0 Å². The number of hydrogen-bond donors (Lipinski definition) is 1. The van der Waals surface area contributed by atoms with Crippen LogP contribution in [0.4, 0.5) is 5.69 Å². The Morgan fingerprint density at radius 2 is 2.10 bits per heavy atom. The number of nitrogens with one attached hydrogen (secondary N) is 1. The Kier molecular flexibility index (Phi) is 3.99. The summed E-state index contributed by atoms with van der Waals surface area (Å²) in [4.78, 5) is 4.91. The molecule has 1 aliphatic carbocycles. The molecule has 1 heterocycles. The molecule has 2 aliphatic rings. The van der Waals surface area contributed by atoms with Gasteiger partial charge in [0.2, 0.25) is 0 Å². The highest BCUT2D eigenvalue weighted by molar-refractivity contribution is 5.47. The molecule has 2 fully saturated rings. The molecule has 20 heavy (non-hydrogen) atoms. The normalized spacial score (nSPS) is 27.2. The van der Waals surface area contributed by atoms with Crippen LogP contribution in [0.15, 0.2) is 24.3 Å². The van der Waals surface area contributed by atoms with Crippen LogP contribution in [0.5, 0.6) is 0 Å². The molecule has 110 valence electrons. The van der Waals surface area contributed by atoms with Gasteiger partial charge in [-0.1, -0.05) is 12.1 Å². The second-order valence-electron chi connectivity index (χ2n) is 6.79. The Bertz CT molecular complexity index is 453. The van der Waals surface area contributed by atoms with Crippen LogP contribution in [-0.4, -0.2) is 48.6 Å². The van der Waals surface area contributed by atoms with E-state index in [9.17, 15) is 0 Å². The number of benzene rings is 1. The topological polar surface area (TPSA) is 18.5 Å². The lowest BCUT2D eigenvalue weighted by Crippen LogP contribution is -2.31. The van der Waals surface area contributed by atoms with Crippen molar-refractivity contribution in [3.8, 4) is 0 Å². The summed E-state index contributed by atoms with van der Waals surface area (Å²) in [6, 6.07) is 11.1. The molecule has 3 nitrogen and oxygen atoms in total. The first kappa shape index (κ1) is 13.9. The average molecular weight is 273 g/mol. The third-order valence-electron chi connectivity index (χ3n) is 4.44. The van der Waals surface area contributed by atoms with Gasteiger partial charge >= 0.3 is 0 Å². The lowest BCUT2D eigenvalue weighted by molar-refractivity contribution is 0.257. The van der Waals surface area contributed by atoms with Crippen LogP contribution >= 0.6 is 0 Å². The molecule has 1 saturated carbocycles. The molecule has 0 radical (unpaired) electrons. The molecule has 1 aromatic rings. The van der Waals surface area contributed by atoms with Crippen LogP contribution in [0.1, 0.15) is 31.7 Å². The smallest absolute Gasteiger partial charge is 0.0403 e. The van der Waals surface area contributed by atoms with Gasteiger partial charge < -0.3 is 10.2 Å². The summed E-state index contributed by atoms with van der Waals surface area (Å²) in [7, 11) is 4.23. The number of anilines is 1. The first-order valence-electron chi connectivity index (χ1n) is 7.88. The van der Waals surface area contributed by atoms with Crippen LogP contribution in [-0.2, 0) is 6.54 Å². The van der Waals surface area contributed by atoms with Gasteiger partial charge in [0, 0.05) is 36.9 Å². The van der Waals surface area contributed by atoms with Crippen LogP contribution in [0, 0.1) is 0 Å². The first-order chi connectivity index (χ1) is 9.61. The van der Waals surface area contributed by atoms with Gasteiger partial charge in [-0.05, 0) is 58.0 Å². The van der Waals surface area contributed by atoms with Crippen molar-refractivity contribution in [2.75, 3.05) is 26.0 Å². The van der Waals surface area contributed by atoms with Crippen molar-refractivity contribution in [2.24, 2.45) is 0 Å². The van der Waals surface area contributed by atoms with Gasteiger partial charge in [-0.25, -0.2) is 0 Å². The maximum atomic E-state index is 3.74. The van der Waals surface area contributed by atoms with Crippen molar-refractivity contribution in [2.45, 2.75) is 50.9 Å². The summed E-state index contributed by atoms with van der Waals surface area (Å²) in [5.41, 5.74) is 2.66. The van der Waals surface area contributed by atoms with Gasteiger partial charge in [0.25, 0.3) is 0 Å². The molecular formula is C17H27N3. The highest BCUT2D eigenvalue weighted by Crippen LogP contribution is 2.34. The van der Waals surface area contributed by atoms with E-state index < -0.39 is 0 Å². The van der Waals surface area contributed by atoms with E-state index in [-0.39, 0.29) is 0 Å². The summed E-state index contributed by atoms with van der Waals surface area (Å²) >= 11 is 0. The highest BCUT2D eigenvalue weighted by atomic mass is 15.3. The minimum atomic E-state index is 0.611. The zero-order valence-corrected chi connectivity index (χ0v) is 13.0. The molecule has 0 aromatic heterocycles. The van der Waals surface area contributed by atoms with Crippen molar-refractivity contribution in [1.82, 2.24) is 9.80 Å². The van der Waals surface area contributed by atoms with E-state index in [0.29, 0.717) is 6.04 Å². The van der Waals surface area contributed by atoms with E-state index in [4.69, 9.17) is 0 Å². The molecule has 1 saturated heterocycles. The largest absolute Gasteiger partial charge is 0.381 e. The van der Waals surface area contributed by atoms with E-state index in [2.05, 4.69) is 60.4 Å². The van der Waals surface area contributed by atoms with Gasteiger partial charge in [-0.3, -0.25) is 4.90 Å². The summed E-state index contributed by atoms with van der Waals surface area (Å²) in [5.74, 6) is 0. The zero-order valence-electron chi connectivity index (χ0n) is 13.0. The first-order valence-corrected chi connectivity index (χ1v) is 7.88. The van der Waals surface area contributed by atoms with Crippen molar-refractivity contribution in [1.29, 1.82) is 0 Å². The minimum absolute atomic E-state index is 0.611. The summed E-state index contributed by atoms with van der Waals surface area (Å²) in [6.07, 6.45) is 4.10. The van der Waals surface area contributed by atoms with E-state index in [0.717, 1.165) is 18.6 Å². The molecule has 0 amide bonds. The van der Waals surface area contributed by atoms with Crippen molar-refractivity contribution >= 4 is 5.69 Å². The highest BCUT2D eigenvalue weighted by Gasteiger charge is 2.38. The minimum Gasteiger partial charge on any atom is -0.381 e. The van der Waals surface area contributed by atoms with E-state index in [1.54, 1.807) is 0 Å². The van der Waals surface area contributed by atoms with E-state index >= 15 is 0 Å². The zero-order chi connectivity index (χ0) is 14.1. The van der Waals surface area contributed by atoms with Crippen LogP contribution in [0.25, 0.3) is 0 Å². The Hall–Kier alpha value is -1.06. The molecule has 3 heteroatoms. The maximum absolute atomic E-state index is 3.74. The lowest BCUT2D eigenvalue weighted by atomic mass is 10.1. The molecule has 3 rings (SSSR count). The lowest BCUT2D eigenvalue weighted by Gasteiger charge is -2.20. The predicted molar refractivity (Wildman–Crippen MR) is 85.1 cm³/mol. The van der Waals surface area contributed by atoms with Gasteiger partial charge in [0.15, 0.2) is 0 Å². The standard InChI is InChI=1S/C17H27N3/c1-13-9-16(12-20(13)17-7-8-17)18-15-6-4-5-14(10-15)11-19(2)3/h4-6,10,13,16-18H,7-9,11-12H2,1-3H3. The van der Waals surface area contributed by atoms with E-state index in [1.807, 2.05) is 0 Å². The van der Waals surface area contributed by atoms with Crippen LogP contribution < -0.4 is 5.32 Å². The van der Waals surface area contributed by atoms with Gasteiger partial charge in [-0.2, -0.15) is 0 Å². The Morgan fingerprint density at radius 3 is 2.80 bits per heavy atom. The quantitative estimate of drug-likeness (QED) is 0.890. The van der Waals surface area contributed by atoms with Gasteiger partial charge in [-0.15, -0.1) is 0 Å². The number of nitrogens with zero attached hydrogens (tertiary/aromatic N) is 2. The number of hydrogen-bond acceptors (Lipinski definition) is 3. The average Bonchev–Trinajstić information content (AvgIpc) is 3.14. The number of rotatable bonds is 5. The van der Waals surface area contributed by atoms with Gasteiger partial charge in [0.05, 0.1) is 0 Å². The molecular weight excluding hydrogens is 246 g/mol. The SMILES string of the molecule is CC1CC(Nc2cccc(CN(C)C)c2)CN1C1CC1. The summed E-state index contributed by atoms with van der Waals surface area (Å²) < 4.78 is 0. The van der Waals surface area contributed by atoms with E-state index in [1.165, 1.54) is 37.1 Å². The van der Waals surface area contributed by atoms with Crippen molar-refractivity contribution < 1.29 is 0 Å². The molecule has 1 aliphatic heterocycles. The predicted octanol–water partition coefficient (Wildman–Crippen LogP) is 2.79. The molecule has 1 N–H and O–H groups in total. The van der Waals surface area contributed by atoms with Crippen LogP contribution in [0.3, 0.4) is 0 Å².